The van der Waals surface area contributed by atoms with Gasteiger partial charge in [0, 0.05) is 21.1 Å². The molecule has 0 radical (unpaired) electrons. The van der Waals surface area contributed by atoms with E-state index in [1.165, 1.54) is 0 Å². The Labute approximate surface area is 182 Å². The van der Waals surface area contributed by atoms with E-state index in [2.05, 4.69) is 0 Å². The first-order valence-corrected chi connectivity index (χ1v) is 14.3. The van der Waals surface area contributed by atoms with Crippen molar-refractivity contribution < 1.29 is 46.6 Å². The van der Waals surface area contributed by atoms with Crippen LogP contribution >= 0.6 is 7.49 Å². The second-order valence-corrected chi connectivity index (χ2v) is 15.0. The van der Waals surface area contributed by atoms with Crippen LogP contribution in [0.5, 0.6) is 0 Å². The number of hydrogen-bond acceptors (Lipinski definition) is 3. The zero-order valence-electron chi connectivity index (χ0n) is 16.4. The topological polar surface area (TPSA) is 43.4 Å². The minimum Gasteiger partial charge on any atom is 0 e. The molecule has 3 rings (SSSR count). The van der Waals surface area contributed by atoms with Gasteiger partial charge in [-0.25, -0.2) is 0 Å². The molecule has 0 bridgehead atoms. The van der Waals surface area contributed by atoms with E-state index < -0.39 is 23.1 Å². The van der Waals surface area contributed by atoms with Gasteiger partial charge in [0.1, 0.15) is 0 Å². The van der Waals surface area contributed by atoms with Crippen molar-refractivity contribution in [1.82, 2.24) is 0 Å². The zero-order valence-corrected chi connectivity index (χ0v) is 20.5. The van der Waals surface area contributed by atoms with Crippen molar-refractivity contribution >= 4 is 17.6 Å². The van der Waals surface area contributed by atoms with Crippen LogP contribution < -0.4 is 0 Å². The molecule has 0 aromatic carbocycles. The second kappa shape index (κ2) is 10.4. The first-order valence-electron chi connectivity index (χ1n) is 10.8. The van der Waals surface area contributed by atoms with E-state index >= 15 is 0 Å². The molecule has 28 heavy (non-hydrogen) atoms. The van der Waals surface area contributed by atoms with Gasteiger partial charge in [-0.15, -0.1) is 0 Å². The second-order valence-electron chi connectivity index (χ2n) is 8.84. The molecule has 0 heterocycles. The van der Waals surface area contributed by atoms with Crippen molar-refractivity contribution in [2.45, 2.75) is 119 Å². The normalized spacial score (nSPS) is 25.2. The van der Waals surface area contributed by atoms with Crippen LogP contribution in [-0.4, -0.2) is 30.9 Å². The standard InChI is InChI=1S/C19H34F3O3PS.Pt/c20-19(21,22)27(23,24)25-26(16-10-4-1-5-11-16,17-12-6-2-7-13-17)18-14-8-3-9-15-18;/h16-18,26H,1-15H2;. The number of alkyl halides is 3. The van der Waals surface area contributed by atoms with E-state index in [0.717, 1.165) is 96.3 Å². The van der Waals surface area contributed by atoms with E-state index in [1.54, 1.807) is 0 Å². The molecule has 3 aliphatic rings. The van der Waals surface area contributed by atoms with Gasteiger partial charge in [-0.3, -0.25) is 0 Å². The van der Waals surface area contributed by atoms with Crippen molar-refractivity contribution in [3.63, 3.8) is 0 Å². The predicted molar refractivity (Wildman–Crippen MR) is 105 cm³/mol. The maximum atomic E-state index is 13.4. The molecule has 0 unspecified atom stereocenters. The fourth-order valence-corrected chi connectivity index (χ4v) is 15.6. The van der Waals surface area contributed by atoms with Crippen LogP contribution in [0.4, 0.5) is 13.2 Å². The van der Waals surface area contributed by atoms with Crippen LogP contribution in [0.15, 0.2) is 0 Å². The number of halogens is 3. The molecule has 3 fully saturated rings. The molecule has 0 aromatic heterocycles. The van der Waals surface area contributed by atoms with E-state index in [-0.39, 0.29) is 38.0 Å². The molecular formula is C19H34F3O3PPtS. The summed E-state index contributed by atoms with van der Waals surface area (Å²) in [6.45, 7) is 0. The van der Waals surface area contributed by atoms with Crippen molar-refractivity contribution in [2.75, 3.05) is 0 Å². The predicted octanol–water partition coefficient (Wildman–Crippen LogP) is 6.51. The van der Waals surface area contributed by atoms with Crippen LogP contribution in [0, 0.1) is 0 Å². The maximum Gasteiger partial charge on any atom is 0 e. The van der Waals surface area contributed by atoms with E-state index in [1.807, 2.05) is 0 Å². The quantitative estimate of drug-likeness (QED) is 0.259. The Hall–Kier alpha value is 0.818. The van der Waals surface area contributed by atoms with E-state index in [4.69, 9.17) is 3.97 Å². The summed E-state index contributed by atoms with van der Waals surface area (Å²) in [7, 11) is -8.69. The molecule has 3 nitrogen and oxygen atoms in total. The molecule has 0 N–H and O–H groups in total. The van der Waals surface area contributed by atoms with Crippen molar-refractivity contribution in [1.29, 1.82) is 0 Å². The van der Waals surface area contributed by atoms with Gasteiger partial charge in [-0.05, 0) is 0 Å². The molecule has 0 spiro atoms. The van der Waals surface area contributed by atoms with Gasteiger partial charge < -0.3 is 0 Å². The average molecular weight is 626 g/mol. The molecule has 3 saturated carbocycles. The summed E-state index contributed by atoms with van der Waals surface area (Å²) in [4.78, 5) is 0. The third-order valence-electron chi connectivity index (χ3n) is 7.27. The smallest absolute Gasteiger partial charge is 0 e. The maximum absolute atomic E-state index is 13.4. The summed E-state index contributed by atoms with van der Waals surface area (Å²) in [5.41, 5.74) is -5.12. The summed E-state index contributed by atoms with van der Waals surface area (Å²) >= 11 is 0. The Bertz CT molecular complexity index is 536. The van der Waals surface area contributed by atoms with Gasteiger partial charge in [0.05, 0.1) is 0 Å². The Balaban J connectivity index is 0.00000280. The Morgan fingerprint density at radius 1 is 0.643 bits per heavy atom. The molecule has 0 saturated heterocycles. The van der Waals surface area contributed by atoms with Crippen LogP contribution in [0.25, 0.3) is 0 Å². The van der Waals surface area contributed by atoms with Crippen molar-refractivity contribution in [2.24, 2.45) is 0 Å². The van der Waals surface area contributed by atoms with Gasteiger partial charge in [0.2, 0.25) is 0 Å². The molecular weight excluding hydrogens is 591 g/mol. The van der Waals surface area contributed by atoms with Crippen LogP contribution in [-0.2, 0) is 35.2 Å². The monoisotopic (exact) mass is 625 g/mol. The summed E-state index contributed by atoms with van der Waals surface area (Å²) < 4.78 is 70.3. The molecule has 3 aliphatic carbocycles. The first kappa shape index (κ1) is 25.1. The van der Waals surface area contributed by atoms with Crippen LogP contribution in [0.2, 0.25) is 0 Å². The minimum atomic E-state index is -5.54. The van der Waals surface area contributed by atoms with E-state index in [0.29, 0.717) is 0 Å². The fraction of sp³-hybridized carbons (Fsp3) is 1.00. The third kappa shape index (κ3) is 5.35. The minimum absolute atomic E-state index is 0. The number of rotatable bonds is 5. The zero-order chi connectivity index (χ0) is 19.5. The summed E-state index contributed by atoms with van der Waals surface area (Å²) in [6, 6.07) is 0. The molecule has 0 atom stereocenters. The largest absolute Gasteiger partial charge is 0 e. The summed E-state index contributed by atoms with van der Waals surface area (Å²) in [6.07, 6.45) is 14.4. The van der Waals surface area contributed by atoms with Gasteiger partial charge >= 0.3 is 162 Å². The molecule has 0 amide bonds. The fourth-order valence-electron chi connectivity index (χ4n) is 6.10. The van der Waals surface area contributed by atoms with Crippen LogP contribution in [0.3, 0.4) is 0 Å². The van der Waals surface area contributed by atoms with E-state index in [9.17, 15) is 21.6 Å². The molecule has 0 aromatic rings. The first-order chi connectivity index (χ1) is 12.8. The Morgan fingerprint density at radius 2 is 0.929 bits per heavy atom. The van der Waals surface area contributed by atoms with Gasteiger partial charge in [0.25, 0.3) is 0 Å². The molecule has 0 aliphatic heterocycles. The van der Waals surface area contributed by atoms with Crippen LogP contribution in [0.1, 0.15) is 96.3 Å². The van der Waals surface area contributed by atoms with Gasteiger partial charge in [0.15, 0.2) is 0 Å². The summed E-state index contributed by atoms with van der Waals surface area (Å²) in [5, 5.41) is 0. The Kier molecular flexibility index (Phi) is 9.33. The SMILES string of the molecule is O=S(=O)(O[PH](C1CCCCC1)(C1CCCCC1)C1CCCCC1)C(F)(F)F.[Pt]. The molecule has 170 valence electrons. The third-order valence-corrected chi connectivity index (χ3v) is 15.4. The van der Waals surface area contributed by atoms with Gasteiger partial charge in [-0.1, -0.05) is 0 Å². The molecule has 9 heteroatoms. The average Bonchev–Trinajstić information content (AvgIpc) is 2.67. The number of hydrogen-bond donors (Lipinski definition) is 0. The van der Waals surface area contributed by atoms with Gasteiger partial charge in [-0.2, -0.15) is 0 Å². The van der Waals surface area contributed by atoms with Crippen molar-refractivity contribution in [3.8, 4) is 0 Å². The summed E-state index contributed by atoms with van der Waals surface area (Å²) in [5.74, 6) is 0. The van der Waals surface area contributed by atoms with Crippen molar-refractivity contribution in [3.05, 3.63) is 0 Å². The Morgan fingerprint density at radius 3 is 1.18 bits per heavy atom.